The second-order valence-electron chi connectivity index (χ2n) is 6.11. The standard InChI is InChI=1S/C16H26ClN3/c1-3-16(2,12-18)13-19-7-9-20(10-8-19)15-6-4-5-14(17)11-15/h4-6,11H,3,7-10,12-13,18H2,1-2H3. The summed E-state index contributed by atoms with van der Waals surface area (Å²) in [6, 6.07) is 8.13. The van der Waals surface area contributed by atoms with Gasteiger partial charge in [0, 0.05) is 43.4 Å². The fourth-order valence-corrected chi connectivity index (χ4v) is 2.88. The molecule has 3 nitrogen and oxygen atoms in total. The van der Waals surface area contributed by atoms with E-state index in [1.807, 2.05) is 18.2 Å². The van der Waals surface area contributed by atoms with E-state index in [0.29, 0.717) is 0 Å². The van der Waals surface area contributed by atoms with E-state index < -0.39 is 0 Å². The van der Waals surface area contributed by atoms with Crippen molar-refractivity contribution in [1.82, 2.24) is 4.90 Å². The zero-order valence-corrected chi connectivity index (χ0v) is 13.4. The molecule has 1 fully saturated rings. The molecular weight excluding hydrogens is 270 g/mol. The van der Waals surface area contributed by atoms with Crippen LogP contribution in [0.4, 0.5) is 5.69 Å². The molecule has 1 aromatic rings. The first-order valence-corrected chi connectivity index (χ1v) is 7.87. The molecule has 0 radical (unpaired) electrons. The van der Waals surface area contributed by atoms with E-state index in [2.05, 4.69) is 29.7 Å². The van der Waals surface area contributed by atoms with E-state index in [1.165, 1.54) is 5.69 Å². The third-order valence-corrected chi connectivity index (χ3v) is 4.73. The molecule has 1 aliphatic heterocycles. The average molecular weight is 296 g/mol. The molecule has 1 atom stereocenters. The molecule has 0 bridgehead atoms. The fraction of sp³-hybridized carbons (Fsp3) is 0.625. The van der Waals surface area contributed by atoms with E-state index in [9.17, 15) is 0 Å². The number of nitrogens with two attached hydrogens (primary N) is 1. The molecule has 2 rings (SSSR count). The van der Waals surface area contributed by atoms with Gasteiger partial charge >= 0.3 is 0 Å². The summed E-state index contributed by atoms with van der Waals surface area (Å²) in [5.41, 5.74) is 7.40. The Morgan fingerprint density at radius 1 is 1.25 bits per heavy atom. The topological polar surface area (TPSA) is 32.5 Å². The highest BCUT2D eigenvalue weighted by Crippen LogP contribution is 2.24. The van der Waals surface area contributed by atoms with Gasteiger partial charge in [-0.05, 0) is 36.6 Å². The lowest BCUT2D eigenvalue weighted by Gasteiger charge is -2.40. The number of nitrogens with zero attached hydrogens (tertiary/aromatic N) is 2. The molecule has 1 heterocycles. The number of rotatable bonds is 5. The van der Waals surface area contributed by atoms with E-state index in [0.717, 1.165) is 50.7 Å². The summed E-state index contributed by atoms with van der Waals surface area (Å²) >= 11 is 6.07. The van der Waals surface area contributed by atoms with Crippen LogP contribution in [0.5, 0.6) is 0 Å². The smallest absolute Gasteiger partial charge is 0.0426 e. The second kappa shape index (κ2) is 6.79. The monoisotopic (exact) mass is 295 g/mol. The Morgan fingerprint density at radius 2 is 1.95 bits per heavy atom. The number of hydrogen-bond donors (Lipinski definition) is 1. The number of halogens is 1. The molecule has 1 aromatic carbocycles. The van der Waals surface area contributed by atoms with E-state index in [1.54, 1.807) is 0 Å². The maximum Gasteiger partial charge on any atom is 0.0426 e. The molecule has 1 unspecified atom stereocenters. The van der Waals surface area contributed by atoms with E-state index in [-0.39, 0.29) is 5.41 Å². The third kappa shape index (κ3) is 3.87. The lowest BCUT2D eigenvalue weighted by Crippen LogP contribution is -2.50. The summed E-state index contributed by atoms with van der Waals surface area (Å²) in [7, 11) is 0. The predicted octanol–water partition coefficient (Wildman–Crippen LogP) is 2.84. The van der Waals surface area contributed by atoms with Crippen LogP contribution in [0.25, 0.3) is 0 Å². The van der Waals surface area contributed by atoms with Gasteiger partial charge in [0.15, 0.2) is 0 Å². The Morgan fingerprint density at radius 3 is 2.50 bits per heavy atom. The van der Waals surface area contributed by atoms with Crippen molar-refractivity contribution in [2.45, 2.75) is 20.3 Å². The van der Waals surface area contributed by atoms with Gasteiger partial charge in [0.2, 0.25) is 0 Å². The molecule has 0 saturated carbocycles. The largest absolute Gasteiger partial charge is 0.369 e. The Kier molecular flexibility index (Phi) is 5.30. The number of hydrogen-bond acceptors (Lipinski definition) is 3. The van der Waals surface area contributed by atoms with Crippen LogP contribution in [-0.2, 0) is 0 Å². The second-order valence-corrected chi connectivity index (χ2v) is 6.55. The SMILES string of the molecule is CCC(C)(CN)CN1CCN(c2cccc(Cl)c2)CC1. The Balaban J connectivity index is 1.89. The lowest BCUT2D eigenvalue weighted by molar-refractivity contribution is 0.157. The Hall–Kier alpha value is -0.770. The van der Waals surface area contributed by atoms with E-state index >= 15 is 0 Å². The maximum atomic E-state index is 6.07. The van der Waals surface area contributed by atoms with Crippen molar-refractivity contribution in [3.8, 4) is 0 Å². The van der Waals surface area contributed by atoms with Crippen molar-refractivity contribution in [2.75, 3.05) is 44.2 Å². The minimum absolute atomic E-state index is 0.248. The summed E-state index contributed by atoms with van der Waals surface area (Å²) in [6.45, 7) is 10.7. The number of anilines is 1. The lowest BCUT2D eigenvalue weighted by atomic mass is 9.87. The van der Waals surface area contributed by atoms with Gasteiger partial charge in [-0.25, -0.2) is 0 Å². The molecular formula is C16H26ClN3. The Labute approximate surface area is 127 Å². The minimum Gasteiger partial charge on any atom is -0.369 e. The van der Waals surface area contributed by atoms with Crippen LogP contribution in [0.1, 0.15) is 20.3 Å². The van der Waals surface area contributed by atoms with Gasteiger partial charge in [0.25, 0.3) is 0 Å². The van der Waals surface area contributed by atoms with E-state index in [4.69, 9.17) is 17.3 Å². The third-order valence-electron chi connectivity index (χ3n) is 4.50. The normalized spacial score (nSPS) is 19.9. The van der Waals surface area contributed by atoms with Crippen LogP contribution in [0.2, 0.25) is 5.02 Å². The summed E-state index contributed by atoms with van der Waals surface area (Å²) in [6.07, 6.45) is 1.14. The molecule has 0 aromatic heterocycles. The highest BCUT2D eigenvalue weighted by Gasteiger charge is 2.26. The minimum atomic E-state index is 0.248. The molecule has 1 aliphatic rings. The molecule has 112 valence electrons. The van der Waals surface area contributed by atoms with Gasteiger partial charge in [-0.3, -0.25) is 4.90 Å². The highest BCUT2D eigenvalue weighted by molar-refractivity contribution is 6.30. The van der Waals surface area contributed by atoms with Gasteiger partial charge in [-0.1, -0.05) is 31.5 Å². The van der Waals surface area contributed by atoms with Crippen molar-refractivity contribution in [2.24, 2.45) is 11.1 Å². The molecule has 0 amide bonds. The predicted molar refractivity (Wildman–Crippen MR) is 87.6 cm³/mol. The summed E-state index contributed by atoms with van der Waals surface area (Å²) in [5.74, 6) is 0. The number of benzene rings is 1. The van der Waals surface area contributed by atoms with Gasteiger partial charge < -0.3 is 10.6 Å². The zero-order valence-electron chi connectivity index (χ0n) is 12.6. The molecule has 0 spiro atoms. The zero-order chi connectivity index (χ0) is 14.6. The molecule has 4 heteroatoms. The fourth-order valence-electron chi connectivity index (χ4n) is 2.70. The van der Waals surface area contributed by atoms with Gasteiger partial charge in [0.1, 0.15) is 0 Å². The van der Waals surface area contributed by atoms with Crippen LogP contribution >= 0.6 is 11.6 Å². The van der Waals surface area contributed by atoms with Crippen molar-refractivity contribution < 1.29 is 0 Å². The van der Waals surface area contributed by atoms with Crippen LogP contribution in [0.3, 0.4) is 0 Å². The highest BCUT2D eigenvalue weighted by atomic mass is 35.5. The van der Waals surface area contributed by atoms with Crippen LogP contribution in [-0.4, -0.2) is 44.2 Å². The van der Waals surface area contributed by atoms with Crippen LogP contribution in [0.15, 0.2) is 24.3 Å². The van der Waals surface area contributed by atoms with Crippen LogP contribution < -0.4 is 10.6 Å². The van der Waals surface area contributed by atoms with Crippen molar-refractivity contribution in [3.05, 3.63) is 29.3 Å². The Bertz CT molecular complexity index is 423. The molecule has 1 saturated heterocycles. The molecule has 2 N–H and O–H groups in total. The van der Waals surface area contributed by atoms with Gasteiger partial charge in [-0.15, -0.1) is 0 Å². The first kappa shape index (κ1) is 15.6. The van der Waals surface area contributed by atoms with Gasteiger partial charge in [-0.2, -0.15) is 0 Å². The number of piperazine rings is 1. The van der Waals surface area contributed by atoms with Gasteiger partial charge in [0.05, 0.1) is 0 Å². The maximum absolute atomic E-state index is 6.07. The van der Waals surface area contributed by atoms with Crippen molar-refractivity contribution in [1.29, 1.82) is 0 Å². The van der Waals surface area contributed by atoms with Crippen molar-refractivity contribution in [3.63, 3.8) is 0 Å². The summed E-state index contributed by atoms with van der Waals surface area (Å²) in [4.78, 5) is 4.95. The van der Waals surface area contributed by atoms with Crippen molar-refractivity contribution >= 4 is 17.3 Å². The quantitative estimate of drug-likeness (QED) is 0.907. The molecule has 20 heavy (non-hydrogen) atoms. The summed E-state index contributed by atoms with van der Waals surface area (Å²) in [5, 5.41) is 0.812. The first-order chi connectivity index (χ1) is 9.56. The average Bonchev–Trinajstić information content (AvgIpc) is 2.48. The summed E-state index contributed by atoms with van der Waals surface area (Å²) < 4.78 is 0. The first-order valence-electron chi connectivity index (χ1n) is 7.49. The molecule has 0 aliphatic carbocycles. The van der Waals surface area contributed by atoms with Crippen LogP contribution in [0, 0.1) is 5.41 Å².